The maximum atomic E-state index is 12.5. The van der Waals surface area contributed by atoms with Gasteiger partial charge in [-0.2, -0.15) is 0 Å². The number of nitrogens with zero attached hydrogens (tertiary/aromatic N) is 1. The summed E-state index contributed by atoms with van der Waals surface area (Å²) >= 11 is 0. The fourth-order valence-corrected chi connectivity index (χ4v) is 4.74. The first-order chi connectivity index (χ1) is 15.9. The van der Waals surface area contributed by atoms with E-state index in [1.54, 1.807) is 6.92 Å². The second-order valence-electron chi connectivity index (χ2n) is 8.63. The second-order valence-corrected chi connectivity index (χ2v) is 8.63. The van der Waals surface area contributed by atoms with E-state index < -0.39 is 17.6 Å². The molecule has 2 aromatic carbocycles. The Balaban J connectivity index is 1.30. The Morgan fingerprint density at radius 1 is 1.09 bits per heavy atom. The monoisotopic (exact) mass is 448 g/mol. The molecule has 1 unspecified atom stereocenters. The molecule has 172 valence electrons. The smallest absolute Gasteiger partial charge is 0.407 e. The van der Waals surface area contributed by atoms with E-state index in [-0.39, 0.29) is 25.0 Å². The highest BCUT2D eigenvalue weighted by molar-refractivity contribution is 5.93. The number of hydrogen-bond donors (Lipinski definition) is 2. The molecule has 1 saturated heterocycles. The highest BCUT2D eigenvalue weighted by Gasteiger charge is 2.43. The summed E-state index contributed by atoms with van der Waals surface area (Å²) < 4.78 is 5.47. The first kappa shape index (κ1) is 22.6. The third-order valence-corrected chi connectivity index (χ3v) is 6.59. The number of likely N-dealkylation sites (tertiary alicyclic amines) is 1. The molecule has 1 heterocycles. The van der Waals surface area contributed by atoms with Crippen LogP contribution >= 0.6 is 0 Å². The van der Waals surface area contributed by atoms with Gasteiger partial charge in [-0.1, -0.05) is 54.6 Å². The van der Waals surface area contributed by atoms with Gasteiger partial charge in [0.2, 0.25) is 5.91 Å². The lowest BCUT2D eigenvalue weighted by atomic mass is 9.88. The standard InChI is InChI=1S/C26H28N2O5/c1-26(24(30)31)14-6-7-16-28(26)23(29)13-8-15-27-25(32)33-17-22-20-11-4-2-9-18(20)19-10-3-5-12-21(19)22/h2-5,8-13,22H,6-7,14-17H2,1H3,(H,27,32)(H,30,31)/b13-8+. The van der Waals surface area contributed by atoms with Crippen LogP contribution in [0.3, 0.4) is 0 Å². The van der Waals surface area contributed by atoms with Crippen LogP contribution in [0.25, 0.3) is 11.1 Å². The molecule has 0 saturated carbocycles. The minimum Gasteiger partial charge on any atom is -0.480 e. The Morgan fingerprint density at radius 3 is 2.36 bits per heavy atom. The number of carboxylic acids is 1. The van der Waals surface area contributed by atoms with Crippen molar-refractivity contribution in [1.82, 2.24) is 10.2 Å². The predicted molar refractivity (Wildman–Crippen MR) is 124 cm³/mol. The summed E-state index contributed by atoms with van der Waals surface area (Å²) in [4.78, 5) is 37.8. The number of piperidine rings is 1. The van der Waals surface area contributed by atoms with Gasteiger partial charge in [-0.25, -0.2) is 9.59 Å². The molecule has 1 fully saturated rings. The molecule has 0 radical (unpaired) electrons. The van der Waals surface area contributed by atoms with Gasteiger partial charge in [-0.3, -0.25) is 4.79 Å². The van der Waals surface area contributed by atoms with Crippen LogP contribution in [0.5, 0.6) is 0 Å². The van der Waals surface area contributed by atoms with Gasteiger partial charge in [-0.05, 0) is 48.4 Å². The van der Waals surface area contributed by atoms with Crippen molar-refractivity contribution in [2.75, 3.05) is 19.7 Å². The van der Waals surface area contributed by atoms with E-state index in [2.05, 4.69) is 29.6 Å². The molecule has 1 atom stereocenters. The molecule has 0 aromatic heterocycles. The molecule has 0 spiro atoms. The van der Waals surface area contributed by atoms with Crippen LogP contribution in [-0.2, 0) is 14.3 Å². The minimum absolute atomic E-state index is 0.0203. The van der Waals surface area contributed by atoms with Crippen LogP contribution in [-0.4, -0.2) is 53.2 Å². The van der Waals surface area contributed by atoms with Crippen molar-refractivity contribution in [3.8, 4) is 11.1 Å². The predicted octanol–water partition coefficient (Wildman–Crippen LogP) is 3.94. The molecule has 0 bridgehead atoms. The van der Waals surface area contributed by atoms with E-state index in [1.165, 1.54) is 17.1 Å². The van der Waals surface area contributed by atoms with Crippen molar-refractivity contribution in [3.05, 3.63) is 71.8 Å². The number of ether oxygens (including phenoxy) is 1. The lowest BCUT2D eigenvalue weighted by Crippen LogP contribution is -2.57. The molecule has 2 aromatic rings. The average molecular weight is 449 g/mol. The SMILES string of the molecule is CC1(C(=O)O)CCCCN1C(=O)/C=C/CNC(=O)OCC1c2ccccc2-c2ccccc21. The number of carbonyl (C=O) groups excluding carboxylic acids is 2. The van der Waals surface area contributed by atoms with E-state index in [1.807, 2.05) is 24.3 Å². The van der Waals surface area contributed by atoms with Crippen molar-refractivity contribution in [2.45, 2.75) is 37.6 Å². The number of rotatable bonds is 6. The summed E-state index contributed by atoms with van der Waals surface area (Å²) in [6, 6.07) is 16.2. The maximum absolute atomic E-state index is 12.5. The number of carboxylic acid groups (broad SMARTS) is 1. The van der Waals surface area contributed by atoms with Crippen LogP contribution in [0.15, 0.2) is 60.7 Å². The molecule has 1 aliphatic heterocycles. The summed E-state index contributed by atoms with van der Waals surface area (Å²) in [5.74, 6) is -1.39. The summed E-state index contributed by atoms with van der Waals surface area (Å²) in [5, 5.41) is 12.2. The quantitative estimate of drug-likeness (QED) is 0.653. The third kappa shape index (κ3) is 4.49. The topological polar surface area (TPSA) is 95.9 Å². The number of amides is 2. The lowest BCUT2D eigenvalue weighted by molar-refractivity contribution is -0.158. The number of hydrogen-bond acceptors (Lipinski definition) is 4. The van der Waals surface area contributed by atoms with Crippen molar-refractivity contribution in [3.63, 3.8) is 0 Å². The van der Waals surface area contributed by atoms with E-state index in [0.29, 0.717) is 13.0 Å². The Morgan fingerprint density at radius 2 is 1.73 bits per heavy atom. The van der Waals surface area contributed by atoms with E-state index in [9.17, 15) is 19.5 Å². The number of nitrogens with one attached hydrogen (secondary N) is 1. The fourth-order valence-electron chi connectivity index (χ4n) is 4.74. The largest absolute Gasteiger partial charge is 0.480 e. The summed E-state index contributed by atoms with van der Waals surface area (Å²) in [7, 11) is 0. The van der Waals surface area contributed by atoms with Gasteiger partial charge in [0, 0.05) is 25.1 Å². The molecule has 4 rings (SSSR count). The Bertz CT molecular complexity index is 1050. The summed E-state index contributed by atoms with van der Waals surface area (Å²) in [6.45, 7) is 2.31. The van der Waals surface area contributed by atoms with Gasteiger partial charge < -0.3 is 20.1 Å². The zero-order valence-electron chi connectivity index (χ0n) is 18.6. The van der Waals surface area contributed by atoms with Crippen LogP contribution in [0.2, 0.25) is 0 Å². The molecular formula is C26H28N2O5. The first-order valence-electron chi connectivity index (χ1n) is 11.2. The molecule has 7 nitrogen and oxygen atoms in total. The third-order valence-electron chi connectivity index (χ3n) is 6.59. The highest BCUT2D eigenvalue weighted by Crippen LogP contribution is 2.44. The highest BCUT2D eigenvalue weighted by atomic mass is 16.5. The second kappa shape index (κ2) is 9.48. The number of alkyl carbamates (subject to hydrolysis) is 1. The van der Waals surface area contributed by atoms with Gasteiger partial charge >= 0.3 is 12.1 Å². The van der Waals surface area contributed by atoms with Crippen LogP contribution in [0.4, 0.5) is 4.79 Å². The van der Waals surface area contributed by atoms with Crippen LogP contribution in [0.1, 0.15) is 43.2 Å². The Hall–Kier alpha value is -3.61. The Kier molecular flexibility index (Phi) is 6.49. The fraction of sp³-hybridized carbons (Fsp3) is 0.346. The normalized spacial score (nSPS) is 19.7. The Labute approximate surface area is 193 Å². The van der Waals surface area contributed by atoms with Crippen LogP contribution in [0, 0.1) is 0 Å². The molecule has 2 amide bonds. The average Bonchev–Trinajstić information content (AvgIpc) is 3.14. The molecule has 33 heavy (non-hydrogen) atoms. The summed E-state index contributed by atoms with van der Waals surface area (Å²) in [5.41, 5.74) is 3.41. The van der Waals surface area contributed by atoms with E-state index >= 15 is 0 Å². The van der Waals surface area contributed by atoms with Gasteiger partial charge in [0.1, 0.15) is 12.1 Å². The zero-order chi connectivity index (χ0) is 23.4. The van der Waals surface area contributed by atoms with Crippen LogP contribution < -0.4 is 5.32 Å². The lowest BCUT2D eigenvalue weighted by Gasteiger charge is -2.41. The first-order valence-corrected chi connectivity index (χ1v) is 11.2. The van der Waals surface area contributed by atoms with Gasteiger partial charge in [0.25, 0.3) is 0 Å². The van der Waals surface area contributed by atoms with Crippen molar-refractivity contribution in [1.29, 1.82) is 0 Å². The number of carbonyl (C=O) groups is 3. The van der Waals surface area contributed by atoms with Gasteiger partial charge in [0.15, 0.2) is 0 Å². The molecule has 2 N–H and O–H groups in total. The zero-order valence-corrected chi connectivity index (χ0v) is 18.6. The van der Waals surface area contributed by atoms with Gasteiger partial charge in [-0.15, -0.1) is 0 Å². The summed E-state index contributed by atoms with van der Waals surface area (Å²) in [6.07, 6.45) is 4.25. The molecule has 7 heteroatoms. The number of fused-ring (bicyclic) bond motifs is 3. The number of benzene rings is 2. The van der Waals surface area contributed by atoms with Gasteiger partial charge in [0.05, 0.1) is 0 Å². The minimum atomic E-state index is -1.19. The van der Waals surface area contributed by atoms with Crippen molar-refractivity contribution >= 4 is 18.0 Å². The van der Waals surface area contributed by atoms with E-state index in [0.717, 1.165) is 35.1 Å². The number of aliphatic carboxylic acids is 1. The maximum Gasteiger partial charge on any atom is 0.407 e. The molecular weight excluding hydrogens is 420 g/mol. The molecule has 1 aliphatic carbocycles. The molecule has 2 aliphatic rings. The van der Waals surface area contributed by atoms with Crippen molar-refractivity contribution in [2.24, 2.45) is 0 Å². The van der Waals surface area contributed by atoms with E-state index in [4.69, 9.17) is 4.74 Å². The van der Waals surface area contributed by atoms with Crippen molar-refractivity contribution < 1.29 is 24.2 Å².